The number of nitrogens with zero attached hydrogens (tertiary/aromatic N) is 2. The van der Waals surface area contributed by atoms with E-state index in [9.17, 15) is 14.4 Å². The van der Waals surface area contributed by atoms with E-state index >= 15 is 0 Å². The lowest BCUT2D eigenvalue weighted by molar-refractivity contribution is -0.139. The number of halogens is 1. The molecule has 1 saturated carbocycles. The van der Waals surface area contributed by atoms with Crippen LogP contribution in [0.1, 0.15) is 52.0 Å². The van der Waals surface area contributed by atoms with E-state index in [-0.39, 0.29) is 23.8 Å². The van der Waals surface area contributed by atoms with E-state index in [2.05, 4.69) is 42.0 Å². The summed E-state index contributed by atoms with van der Waals surface area (Å²) in [6.45, 7) is 6.86. The van der Waals surface area contributed by atoms with Crippen LogP contribution in [-0.2, 0) is 16.1 Å². The molecule has 1 heterocycles. The van der Waals surface area contributed by atoms with Crippen LogP contribution in [0.2, 0.25) is 0 Å². The monoisotopic (exact) mass is 463 g/mol. The van der Waals surface area contributed by atoms with Gasteiger partial charge in [-0.2, -0.15) is 0 Å². The van der Waals surface area contributed by atoms with E-state index in [1.165, 1.54) is 0 Å². The molecule has 0 bridgehead atoms. The molecule has 4 amide bonds. The number of benzene rings is 1. The molecule has 7 heteroatoms. The summed E-state index contributed by atoms with van der Waals surface area (Å²) in [5.74, 6) is 0.0302. The minimum Gasteiger partial charge on any atom is -0.340 e. The topological polar surface area (TPSA) is 69.7 Å². The van der Waals surface area contributed by atoms with Crippen LogP contribution in [0.3, 0.4) is 0 Å². The Morgan fingerprint density at radius 2 is 1.79 bits per heavy atom. The highest BCUT2D eigenvalue weighted by atomic mass is 79.9. The predicted octanol–water partition coefficient (Wildman–Crippen LogP) is 3.93. The average Bonchev–Trinajstić information content (AvgIpc) is 2.87. The van der Waals surface area contributed by atoms with Gasteiger partial charge in [-0.15, -0.1) is 0 Å². The van der Waals surface area contributed by atoms with Crippen LogP contribution in [0.5, 0.6) is 0 Å². The molecule has 3 rings (SSSR count). The number of carbonyl (C=O) groups excluding carboxylic acids is 3. The maximum atomic E-state index is 13.1. The van der Waals surface area contributed by atoms with E-state index in [4.69, 9.17) is 0 Å². The van der Waals surface area contributed by atoms with Crippen molar-refractivity contribution in [1.82, 2.24) is 15.1 Å². The summed E-state index contributed by atoms with van der Waals surface area (Å²) in [6.07, 6.45) is 3.08. The highest BCUT2D eigenvalue weighted by Gasteiger charge is 2.53. The number of hydrogen-bond acceptors (Lipinski definition) is 3. The molecule has 1 aliphatic heterocycles. The van der Waals surface area contributed by atoms with Gasteiger partial charge in [-0.05, 0) is 54.7 Å². The SMILES string of the molecule is CN(Cc1ccc(Br)cc1)C(=O)CN1C(=O)NC2(CCC(C(C)(C)C)CC2)C1=O. The lowest BCUT2D eigenvalue weighted by atomic mass is 9.67. The number of nitrogens with one attached hydrogen (secondary N) is 1. The van der Waals surface area contributed by atoms with Crippen molar-refractivity contribution >= 4 is 33.8 Å². The molecule has 2 fully saturated rings. The van der Waals surface area contributed by atoms with Crippen molar-refractivity contribution in [3.63, 3.8) is 0 Å². The van der Waals surface area contributed by atoms with Gasteiger partial charge in [0.05, 0.1) is 0 Å². The highest BCUT2D eigenvalue weighted by Crippen LogP contribution is 2.43. The zero-order valence-corrected chi connectivity index (χ0v) is 19.2. The number of carbonyl (C=O) groups is 3. The third-order valence-corrected chi connectivity index (χ3v) is 6.89. The Morgan fingerprint density at radius 3 is 2.34 bits per heavy atom. The lowest BCUT2D eigenvalue weighted by Gasteiger charge is -2.40. The fourth-order valence-electron chi connectivity index (χ4n) is 4.34. The smallest absolute Gasteiger partial charge is 0.325 e. The molecule has 1 saturated heterocycles. The van der Waals surface area contributed by atoms with Gasteiger partial charge in [0.25, 0.3) is 5.91 Å². The molecule has 2 aliphatic rings. The van der Waals surface area contributed by atoms with Crippen LogP contribution in [0.25, 0.3) is 0 Å². The molecule has 0 atom stereocenters. The van der Waals surface area contributed by atoms with Gasteiger partial charge in [0.1, 0.15) is 12.1 Å². The van der Waals surface area contributed by atoms with Crippen molar-refractivity contribution in [3.05, 3.63) is 34.3 Å². The third kappa shape index (κ3) is 4.65. The van der Waals surface area contributed by atoms with Crippen molar-refractivity contribution in [2.75, 3.05) is 13.6 Å². The molecule has 6 nitrogen and oxygen atoms in total. The molecule has 1 aromatic carbocycles. The normalized spacial score (nSPS) is 24.7. The van der Waals surface area contributed by atoms with Gasteiger partial charge < -0.3 is 10.2 Å². The van der Waals surface area contributed by atoms with Gasteiger partial charge in [0.2, 0.25) is 5.91 Å². The van der Waals surface area contributed by atoms with Gasteiger partial charge in [-0.1, -0.05) is 48.8 Å². The van der Waals surface area contributed by atoms with Crippen LogP contribution in [0, 0.1) is 11.3 Å². The molecule has 0 unspecified atom stereocenters. The first-order chi connectivity index (χ1) is 13.5. The number of imide groups is 1. The van der Waals surface area contributed by atoms with Crippen molar-refractivity contribution in [2.45, 2.75) is 58.5 Å². The number of amides is 4. The minimum atomic E-state index is -0.830. The number of hydrogen-bond donors (Lipinski definition) is 1. The van der Waals surface area contributed by atoms with Crippen LogP contribution in [-0.4, -0.2) is 46.8 Å². The Balaban J connectivity index is 1.61. The quantitative estimate of drug-likeness (QED) is 0.687. The summed E-state index contributed by atoms with van der Waals surface area (Å²) in [4.78, 5) is 40.9. The molecule has 1 aromatic rings. The number of rotatable bonds is 4. The molecular formula is C22H30BrN3O3. The Morgan fingerprint density at radius 1 is 1.21 bits per heavy atom. The lowest BCUT2D eigenvalue weighted by Crippen LogP contribution is -2.51. The maximum absolute atomic E-state index is 13.1. The van der Waals surface area contributed by atoms with E-state index in [0.717, 1.165) is 27.8 Å². The van der Waals surface area contributed by atoms with Gasteiger partial charge in [-0.3, -0.25) is 14.5 Å². The summed E-state index contributed by atoms with van der Waals surface area (Å²) in [5.41, 5.74) is 0.348. The van der Waals surface area contributed by atoms with Crippen molar-refractivity contribution in [2.24, 2.45) is 11.3 Å². The Kier molecular flexibility index (Phi) is 6.08. The largest absolute Gasteiger partial charge is 0.340 e. The van der Waals surface area contributed by atoms with Crippen LogP contribution in [0.4, 0.5) is 4.79 Å². The molecule has 0 aromatic heterocycles. The van der Waals surface area contributed by atoms with Gasteiger partial charge in [0, 0.05) is 18.1 Å². The van der Waals surface area contributed by atoms with Gasteiger partial charge in [0.15, 0.2) is 0 Å². The maximum Gasteiger partial charge on any atom is 0.325 e. The second-order valence-corrected chi connectivity index (χ2v) is 10.3. The van der Waals surface area contributed by atoms with E-state index in [1.54, 1.807) is 11.9 Å². The minimum absolute atomic E-state index is 0.193. The molecule has 1 spiro atoms. The molecular weight excluding hydrogens is 434 g/mol. The summed E-state index contributed by atoms with van der Waals surface area (Å²) >= 11 is 3.39. The fourth-order valence-corrected chi connectivity index (χ4v) is 4.61. The van der Waals surface area contributed by atoms with Crippen LogP contribution >= 0.6 is 15.9 Å². The van der Waals surface area contributed by atoms with Crippen molar-refractivity contribution < 1.29 is 14.4 Å². The van der Waals surface area contributed by atoms with Crippen molar-refractivity contribution in [3.8, 4) is 0 Å². The summed E-state index contributed by atoms with van der Waals surface area (Å²) < 4.78 is 0.973. The van der Waals surface area contributed by atoms with Crippen LogP contribution < -0.4 is 5.32 Å². The van der Waals surface area contributed by atoms with Crippen LogP contribution in [0.15, 0.2) is 28.7 Å². The standard InChI is InChI=1S/C22H30BrN3O3/c1-21(2,3)16-9-11-22(12-10-16)19(28)26(20(29)24-22)14-18(27)25(4)13-15-5-7-17(23)8-6-15/h5-8,16H,9-14H2,1-4H3,(H,24,29). The second-order valence-electron chi connectivity index (χ2n) is 9.42. The fraction of sp³-hybridized carbons (Fsp3) is 0.591. The molecule has 1 aliphatic carbocycles. The number of likely N-dealkylation sites (N-methyl/N-ethyl adjacent to an activating group) is 1. The average molecular weight is 464 g/mol. The molecule has 29 heavy (non-hydrogen) atoms. The summed E-state index contributed by atoms with van der Waals surface area (Å²) in [7, 11) is 1.69. The number of urea groups is 1. The van der Waals surface area contributed by atoms with Gasteiger partial charge in [-0.25, -0.2) is 4.79 Å². The molecule has 1 N–H and O–H groups in total. The Hall–Kier alpha value is -1.89. The molecule has 0 radical (unpaired) electrons. The summed E-state index contributed by atoms with van der Waals surface area (Å²) in [6, 6.07) is 7.26. The zero-order valence-electron chi connectivity index (χ0n) is 17.6. The first kappa shape index (κ1) is 21.8. The first-order valence-corrected chi connectivity index (χ1v) is 10.9. The van der Waals surface area contributed by atoms with Gasteiger partial charge >= 0.3 is 6.03 Å². The van der Waals surface area contributed by atoms with E-state index in [0.29, 0.717) is 25.3 Å². The summed E-state index contributed by atoms with van der Waals surface area (Å²) in [5, 5.41) is 2.90. The van der Waals surface area contributed by atoms with Crippen molar-refractivity contribution in [1.29, 1.82) is 0 Å². The third-order valence-electron chi connectivity index (χ3n) is 6.36. The molecule has 158 valence electrons. The second kappa shape index (κ2) is 8.09. The van der Waals surface area contributed by atoms with E-state index in [1.807, 2.05) is 24.3 Å². The highest BCUT2D eigenvalue weighted by molar-refractivity contribution is 9.10. The first-order valence-electron chi connectivity index (χ1n) is 10.1. The Bertz CT molecular complexity index is 793. The van der Waals surface area contributed by atoms with E-state index < -0.39 is 11.6 Å². The zero-order chi connectivity index (χ0) is 21.4. The Labute approximate surface area is 181 Å². The predicted molar refractivity (Wildman–Crippen MR) is 115 cm³/mol.